The standard InChI is InChI=1S/C36H24N4O.Pt/c1-39-33-17-9-7-15-31(33)37-35(39)29-21-25(19-23-11-3-5-13-27(23)29)41-26-20-24-12-4-6-14-28(24)30(22-26)36-38-32-16-8-10-18-34(32)40(36)2;/h3-20H,1-2H3;/q-2;+2. The number of para-hydroxylation sites is 4. The van der Waals surface area contributed by atoms with Crippen LogP contribution in [0, 0.1) is 12.1 Å². The summed E-state index contributed by atoms with van der Waals surface area (Å²) in [7, 11) is 4.09. The SMILES string of the molecule is Cn1c(-c2[c-]c(Oc3[c-]c(-c4nc5ccccc5n4C)c4ccccc4c3)cc3ccccc23)nc2ccccc21.[Pt+2]. The van der Waals surface area contributed by atoms with Crippen molar-refractivity contribution in [2.45, 2.75) is 0 Å². The van der Waals surface area contributed by atoms with Gasteiger partial charge in [0.15, 0.2) is 0 Å². The van der Waals surface area contributed by atoms with Crippen molar-refractivity contribution in [1.82, 2.24) is 19.1 Å². The second kappa shape index (κ2) is 10.3. The predicted octanol–water partition coefficient (Wildman–Crippen LogP) is 8.49. The third-order valence-electron chi connectivity index (χ3n) is 7.77. The molecular weight excluding hydrogens is 700 g/mol. The van der Waals surface area contributed by atoms with Crippen LogP contribution in [-0.2, 0) is 35.2 Å². The van der Waals surface area contributed by atoms with Gasteiger partial charge in [-0.2, -0.15) is 0 Å². The van der Waals surface area contributed by atoms with E-state index in [4.69, 9.17) is 14.7 Å². The molecule has 2 aromatic heterocycles. The molecule has 0 atom stereocenters. The van der Waals surface area contributed by atoms with Crippen molar-refractivity contribution in [3.8, 4) is 34.3 Å². The van der Waals surface area contributed by atoms with E-state index in [1.165, 1.54) is 0 Å². The minimum absolute atomic E-state index is 0. The molecule has 6 heteroatoms. The van der Waals surface area contributed by atoms with Crippen molar-refractivity contribution in [1.29, 1.82) is 0 Å². The Kier molecular flexibility index (Phi) is 6.40. The second-order valence-corrected chi connectivity index (χ2v) is 10.3. The Labute approximate surface area is 257 Å². The van der Waals surface area contributed by atoms with Crippen LogP contribution in [0.2, 0.25) is 0 Å². The fourth-order valence-electron chi connectivity index (χ4n) is 5.76. The van der Waals surface area contributed by atoms with Gasteiger partial charge in [-0.1, -0.05) is 130 Å². The van der Waals surface area contributed by atoms with Crippen molar-refractivity contribution < 1.29 is 25.8 Å². The van der Waals surface area contributed by atoms with Gasteiger partial charge in [0, 0.05) is 25.6 Å². The van der Waals surface area contributed by atoms with E-state index in [0.29, 0.717) is 11.5 Å². The number of hydrogen-bond acceptors (Lipinski definition) is 3. The molecule has 42 heavy (non-hydrogen) atoms. The molecule has 0 aliphatic rings. The monoisotopic (exact) mass is 723 g/mol. The Bertz CT molecular complexity index is 2120. The van der Waals surface area contributed by atoms with Crippen LogP contribution in [-0.4, -0.2) is 19.1 Å². The Morgan fingerprint density at radius 2 is 0.952 bits per heavy atom. The molecule has 0 aliphatic carbocycles. The zero-order valence-electron chi connectivity index (χ0n) is 22.9. The molecule has 0 N–H and O–H groups in total. The molecule has 0 saturated heterocycles. The molecule has 0 bridgehead atoms. The maximum absolute atomic E-state index is 6.56. The Morgan fingerprint density at radius 1 is 0.548 bits per heavy atom. The van der Waals surface area contributed by atoms with Gasteiger partial charge in [-0.05, 0) is 24.3 Å². The molecule has 0 saturated carbocycles. The van der Waals surface area contributed by atoms with Crippen LogP contribution in [0.1, 0.15) is 0 Å². The van der Waals surface area contributed by atoms with Crippen LogP contribution in [0.4, 0.5) is 0 Å². The molecule has 204 valence electrons. The smallest absolute Gasteiger partial charge is 0.497 e. The van der Waals surface area contributed by atoms with Gasteiger partial charge in [0.25, 0.3) is 0 Å². The van der Waals surface area contributed by atoms with Crippen LogP contribution < -0.4 is 4.74 Å². The summed E-state index contributed by atoms with van der Waals surface area (Å²) < 4.78 is 10.8. The average Bonchev–Trinajstić information content (AvgIpc) is 3.53. The number of fused-ring (bicyclic) bond motifs is 4. The van der Waals surface area contributed by atoms with Crippen molar-refractivity contribution >= 4 is 43.6 Å². The Hall–Kier alpha value is -4.73. The van der Waals surface area contributed by atoms with Crippen LogP contribution in [0.15, 0.2) is 109 Å². The van der Waals surface area contributed by atoms with E-state index >= 15 is 0 Å². The number of rotatable bonds is 4. The van der Waals surface area contributed by atoms with E-state index in [1.807, 2.05) is 86.9 Å². The summed E-state index contributed by atoms with van der Waals surface area (Å²) in [6.45, 7) is 0. The molecule has 0 radical (unpaired) electrons. The minimum atomic E-state index is 0. The van der Waals surface area contributed by atoms with Crippen LogP contribution in [0.5, 0.6) is 11.5 Å². The molecule has 0 amide bonds. The van der Waals surface area contributed by atoms with E-state index in [0.717, 1.165) is 66.4 Å². The van der Waals surface area contributed by atoms with E-state index in [-0.39, 0.29) is 21.1 Å². The molecule has 0 spiro atoms. The first-order valence-electron chi connectivity index (χ1n) is 13.6. The van der Waals surface area contributed by atoms with Gasteiger partial charge in [0.2, 0.25) is 0 Å². The minimum Gasteiger partial charge on any atom is -0.497 e. The number of ether oxygens (including phenoxy) is 1. The predicted molar refractivity (Wildman–Crippen MR) is 165 cm³/mol. The molecule has 0 unspecified atom stereocenters. The van der Waals surface area contributed by atoms with E-state index in [2.05, 4.69) is 57.7 Å². The van der Waals surface area contributed by atoms with Crippen LogP contribution in [0.25, 0.3) is 66.4 Å². The first-order valence-corrected chi connectivity index (χ1v) is 13.6. The number of aryl methyl sites for hydroxylation is 2. The fourth-order valence-corrected chi connectivity index (χ4v) is 5.76. The summed E-state index contributed by atoms with van der Waals surface area (Å²) in [4.78, 5) is 9.93. The molecule has 2 heterocycles. The van der Waals surface area contributed by atoms with Gasteiger partial charge >= 0.3 is 21.1 Å². The fraction of sp³-hybridized carbons (Fsp3) is 0.0556. The molecule has 0 aliphatic heterocycles. The third-order valence-corrected chi connectivity index (χ3v) is 7.77. The third kappa shape index (κ3) is 4.20. The largest absolute Gasteiger partial charge is 2.00 e. The average molecular weight is 724 g/mol. The first-order chi connectivity index (χ1) is 20.1. The number of aromatic nitrogens is 4. The van der Waals surface area contributed by atoms with E-state index in [9.17, 15) is 0 Å². The maximum atomic E-state index is 6.56. The zero-order valence-corrected chi connectivity index (χ0v) is 25.2. The van der Waals surface area contributed by atoms with Gasteiger partial charge in [-0.25, -0.2) is 0 Å². The van der Waals surface area contributed by atoms with Gasteiger partial charge in [-0.3, -0.25) is 9.97 Å². The molecule has 5 nitrogen and oxygen atoms in total. The van der Waals surface area contributed by atoms with Crippen molar-refractivity contribution in [3.05, 3.63) is 121 Å². The molecule has 8 rings (SSSR count). The summed E-state index contributed by atoms with van der Waals surface area (Å²) in [5.74, 6) is 2.90. The summed E-state index contributed by atoms with van der Waals surface area (Å²) >= 11 is 0. The summed E-state index contributed by atoms with van der Waals surface area (Å²) in [6.07, 6.45) is 0. The van der Waals surface area contributed by atoms with Gasteiger partial charge in [0.05, 0.1) is 33.7 Å². The molecular formula is C36H24N4OPt. The van der Waals surface area contributed by atoms with Gasteiger partial charge in [0.1, 0.15) is 0 Å². The quantitative estimate of drug-likeness (QED) is 0.171. The number of hydrogen-bond donors (Lipinski definition) is 0. The van der Waals surface area contributed by atoms with Crippen molar-refractivity contribution in [3.63, 3.8) is 0 Å². The van der Waals surface area contributed by atoms with Crippen LogP contribution in [0.3, 0.4) is 0 Å². The van der Waals surface area contributed by atoms with E-state index < -0.39 is 0 Å². The molecule has 0 fully saturated rings. The maximum Gasteiger partial charge on any atom is 2.00 e. The normalized spacial score (nSPS) is 11.4. The summed E-state index contributed by atoms with van der Waals surface area (Å²) in [5.41, 5.74) is 5.83. The summed E-state index contributed by atoms with van der Waals surface area (Å²) in [5, 5.41) is 4.25. The first kappa shape index (κ1) is 26.2. The van der Waals surface area contributed by atoms with Gasteiger partial charge < -0.3 is 13.9 Å². The Balaban J connectivity index is 0.00000288. The zero-order chi connectivity index (χ0) is 27.5. The van der Waals surface area contributed by atoms with Crippen LogP contribution >= 0.6 is 0 Å². The van der Waals surface area contributed by atoms with Gasteiger partial charge in [-0.15, -0.1) is 0 Å². The molecule has 8 aromatic rings. The number of nitrogens with zero attached hydrogens (tertiary/aromatic N) is 4. The number of imidazole rings is 2. The molecule has 6 aromatic carbocycles. The second-order valence-electron chi connectivity index (χ2n) is 10.3. The summed E-state index contributed by atoms with van der Waals surface area (Å²) in [6, 6.07) is 44.1. The Morgan fingerprint density at radius 3 is 1.40 bits per heavy atom. The van der Waals surface area contributed by atoms with E-state index in [1.54, 1.807) is 0 Å². The van der Waals surface area contributed by atoms with Crippen molar-refractivity contribution in [2.24, 2.45) is 14.1 Å². The van der Waals surface area contributed by atoms with Crippen molar-refractivity contribution in [2.75, 3.05) is 0 Å². The topological polar surface area (TPSA) is 44.9 Å². The number of benzene rings is 6.